The Kier molecular flexibility index (Phi) is 9.24. The molecule has 1 aromatic carbocycles. The minimum Gasteiger partial charge on any atom is -0.338 e. The van der Waals surface area contributed by atoms with Gasteiger partial charge in [0, 0.05) is 57.0 Å². The fraction of sp³-hybridized carbons (Fsp3) is 0.571. The number of hydrogen-bond acceptors (Lipinski definition) is 8. The van der Waals surface area contributed by atoms with Crippen molar-refractivity contribution in [2.75, 3.05) is 38.0 Å². The van der Waals surface area contributed by atoms with Gasteiger partial charge in [-0.25, -0.2) is 9.59 Å². The van der Waals surface area contributed by atoms with E-state index in [1.54, 1.807) is 35.9 Å². The van der Waals surface area contributed by atoms with Crippen LogP contribution in [0.4, 0.5) is 10.6 Å². The Hall–Kier alpha value is -3.32. The van der Waals surface area contributed by atoms with E-state index in [1.807, 2.05) is 24.3 Å². The van der Waals surface area contributed by atoms with Crippen molar-refractivity contribution in [3.05, 3.63) is 52.6 Å². The molecular formula is C28H43N9O3. The molecule has 2 aromatic rings. The summed E-state index contributed by atoms with van der Waals surface area (Å²) in [5.74, 6) is 0.0270. The van der Waals surface area contributed by atoms with Gasteiger partial charge in [-0.05, 0) is 63.4 Å². The summed E-state index contributed by atoms with van der Waals surface area (Å²) in [5.41, 5.74) is 18.7. The molecule has 0 spiro atoms. The third-order valence-electron chi connectivity index (χ3n) is 7.72. The van der Waals surface area contributed by atoms with Crippen LogP contribution in [-0.4, -0.2) is 92.6 Å². The summed E-state index contributed by atoms with van der Waals surface area (Å²) in [6.07, 6.45) is 4.38. The smallest absolute Gasteiger partial charge is 0.338 e. The largest absolute Gasteiger partial charge is 0.354 e. The van der Waals surface area contributed by atoms with Crippen molar-refractivity contribution in [2.24, 2.45) is 17.2 Å². The highest BCUT2D eigenvalue weighted by Crippen LogP contribution is 2.23. The number of nitrogens with one attached hydrogen (secondary N) is 1. The van der Waals surface area contributed by atoms with E-state index in [2.05, 4.69) is 22.1 Å². The van der Waals surface area contributed by atoms with Crippen LogP contribution in [0.1, 0.15) is 45.6 Å². The number of piperazine rings is 1. The summed E-state index contributed by atoms with van der Waals surface area (Å²) >= 11 is 0. The van der Waals surface area contributed by atoms with Crippen LogP contribution in [0.15, 0.2) is 41.3 Å². The SMILES string of the molecule is CCN(Cc1ccc(-n2ccc(NC(=O)N3CCN(C(=O)C(C)(C)N)CC3)nc2=O)cc1)[C@@H]1C[C@H](N)C[C@H](N)C1. The first-order valence-electron chi connectivity index (χ1n) is 14.0. The number of carbonyl (C=O) groups excluding carboxylic acids is 2. The predicted octanol–water partition coefficient (Wildman–Crippen LogP) is 0.675. The first kappa shape index (κ1) is 29.7. The minimum absolute atomic E-state index is 0.141. The molecule has 2 fully saturated rings. The van der Waals surface area contributed by atoms with Crippen LogP contribution in [0.25, 0.3) is 5.69 Å². The van der Waals surface area contributed by atoms with E-state index in [-0.39, 0.29) is 29.8 Å². The maximum atomic E-state index is 12.8. The number of urea groups is 1. The van der Waals surface area contributed by atoms with Crippen LogP contribution in [0, 0.1) is 0 Å². The zero-order valence-corrected chi connectivity index (χ0v) is 23.8. The van der Waals surface area contributed by atoms with Crippen molar-refractivity contribution in [3.63, 3.8) is 0 Å². The Labute approximate surface area is 235 Å². The normalized spacial score (nSPS) is 21.9. The van der Waals surface area contributed by atoms with Crippen LogP contribution < -0.4 is 28.2 Å². The molecule has 1 saturated heterocycles. The topological polar surface area (TPSA) is 169 Å². The van der Waals surface area contributed by atoms with E-state index in [9.17, 15) is 14.4 Å². The standard InChI is InChI=1S/C28H43N9O3/c1-4-34(23-16-20(29)15-21(30)17-23)18-19-5-7-22(8-6-19)37-10-9-24(33-27(37)40)32-26(39)36-13-11-35(12-14-36)25(38)28(2,3)31/h5-10,20-21,23H,4,11-18,29-31H2,1-3H3,(H,32,33,39,40)/t20-,21+,23-. The zero-order chi connectivity index (χ0) is 29.0. The summed E-state index contributed by atoms with van der Waals surface area (Å²) in [6, 6.07) is 9.69. The number of nitrogens with zero attached hydrogens (tertiary/aromatic N) is 5. The summed E-state index contributed by atoms with van der Waals surface area (Å²) in [7, 11) is 0. The summed E-state index contributed by atoms with van der Waals surface area (Å²) in [5, 5.41) is 2.69. The van der Waals surface area contributed by atoms with Crippen molar-refractivity contribution < 1.29 is 9.59 Å². The number of benzene rings is 1. The number of carbonyl (C=O) groups is 2. The first-order chi connectivity index (χ1) is 18.9. The van der Waals surface area contributed by atoms with Crippen LogP contribution in [0.3, 0.4) is 0 Å². The lowest BCUT2D eigenvalue weighted by Crippen LogP contribution is -2.58. The van der Waals surface area contributed by atoms with E-state index in [1.165, 1.54) is 4.57 Å². The second-order valence-electron chi connectivity index (χ2n) is 11.5. The number of amides is 3. The Morgan fingerprint density at radius 1 is 1.00 bits per heavy atom. The van der Waals surface area contributed by atoms with E-state index in [4.69, 9.17) is 17.2 Å². The Balaban J connectivity index is 1.34. The average Bonchev–Trinajstić information content (AvgIpc) is 2.91. The highest BCUT2D eigenvalue weighted by molar-refractivity contribution is 5.89. The van der Waals surface area contributed by atoms with Crippen molar-refractivity contribution in [2.45, 2.75) is 70.2 Å². The number of anilines is 1. The number of rotatable bonds is 7. The molecule has 40 heavy (non-hydrogen) atoms. The van der Waals surface area contributed by atoms with Gasteiger partial charge in [-0.15, -0.1) is 0 Å². The average molecular weight is 554 g/mol. The lowest BCUT2D eigenvalue weighted by molar-refractivity contribution is -0.137. The van der Waals surface area contributed by atoms with Crippen LogP contribution in [0.2, 0.25) is 0 Å². The van der Waals surface area contributed by atoms with Gasteiger partial charge in [0.1, 0.15) is 5.82 Å². The van der Waals surface area contributed by atoms with E-state index < -0.39 is 11.2 Å². The maximum absolute atomic E-state index is 12.8. The molecule has 2 aliphatic rings. The second kappa shape index (κ2) is 12.5. The molecule has 1 saturated carbocycles. The number of nitrogens with two attached hydrogens (primary N) is 3. The van der Waals surface area contributed by atoms with Gasteiger partial charge in [0.15, 0.2) is 0 Å². The van der Waals surface area contributed by atoms with Crippen molar-refractivity contribution >= 4 is 17.8 Å². The van der Waals surface area contributed by atoms with Gasteiger partial charge in [-0.3, -0.25) is 19.6 Å². The van der Waals surface area contributed by atoms with E-state index >= 15 is 0 Å². The Bertz CT molecular complexity index is 1220. The molecule has 1 aromatic heterocycles. The molecule has 218 valence electrons. The summed E-state index contributed by atoms with van der Waals surface area (Å²) < 4.78 is 1.44. The van der Waals surface area contributed by atoms with Gasteiger partial charge >= 0.3 is 11.7 Å². The minimum atomic E-state index is -0.952. The maximum Gasteiger partial charge on any atom is 0.354 e. The molecule has 2 heterocycles. The molecule has 3 atom stereocenters. The Morgan fingerprint density at radius 2 is 1.60 bits per heavy atom. The molecule has 12 nitrogen and oxygen atoms in total. The summed E-state index contributed by atoms with van der Waals surface area (Å²) in [6.45, 7) is 8.71. The van der Waals surface area contributed by atoms with Crippen molar-refractivity contribution in [1.82, 2.24) is 24.3 Å². The summed E-state index contributed by atoms with van der Waals surface area (Å²) in [4.78, 5) is 47.6. The van der Waals surface area contributed by atoms with E-state index in [0.29, 0.717) is 37.9 Å². The van der Waals surface area contributed by atoms with Gasteiger partial charge in [-0.1, -0.05) is 19.1 Å². The highest BCUT2D eigenvalue weighted by atomic mass is 16.2. The second-order valence-corrected chi connectivity index (χ2v) is 11.5. The van der Waals surface area contributed by atoms with E-state index in [0.717, 1.165) is 37.9 Å². The van der Waals surface area contributed by atoms with Gasteiger partial charge in [0.05, 0.1) is 11.2 Å². The monoisotopic (exact) mass is 553 g/mol. The van der Waals surface area contributed by atoms with Crippen LogP contribution in [0.5, 0.6) is 0 Å². The molecule has 4 rings (SSSR count). The molecule has 0 bridgehead atoms. The third-order valence-corrected chi connectivity index (χ3v) is 7.72. The van der Waals surface area contributed by atoms with Crippen molar-refractivity contribution in [1.29, 1.82) is 0 Å². The lowest BCUT2D eigenvalue weighted by atomic mass is 9.87. The first-order valence-corrected chi connectivity index (χ1v) is 14.0. The lowest BCUT2D eigenvalue weighted by Gasteiger charge is -2.38. The Morgan fingerprint density at radius 3 is 2.15 bits per heavy atom. The number of hydrogen-bond donors (Lipinski definition) is 4. The zero-order valence-electron chi connectivity index (χ0n) is 23.8. The van der Waals surface area contributed by atoms with Gasteiger partial charge in [-0.2, -0.15) is 4.98 Å². The van der Waals surface area contributed by atoms with Crippen LogP contribution in [-0.2, 0) is 11.3 Å². The van der Waals surface area contributed by atoms with Crippen molar-refractivity contribution in [3.8, 4) is 5.69 Å². The molecule has 1 aliphatic carbocycles. The van der Waals surface area contributed by atoms with Gasteiger partial charge < -0.3 is 27.0 Å². The van der Waals surface area contributed by atoms with Gasteiger partial charge in [0.25, 0.3) is 0 Å². The molecule has 3 amide bonds. The fourth-order valence-corrected chi connectivity index (χ4v) is 5.55. The fourth-order valence-electron chi connectivity index (χ4n) is 5.55. The molecule has 1 aliphatic heterocycles. The molecule has 0 unspecified atom stereocenters. The molecule has 12 heteroatoms. The predicted molar refractivity (Wildman–Crippen MR) is 155 cm³/mol. The van der Waals surface area contributed by atoms with Gasteiger partial charge in [0.2, 0.25) is 5.91 Å². The number of aromatic nitrogens is 2. The molecular weight excluding hydrogens is 510 g/mol. The third kappa shape index (κ3) is 7.25. The highest BCUT2D eigenvalue weighted by Gasteiger charge is 2.31. The molecule has 0 radical (unpaired) electrons. The quantitative estimate of drug-likeness (QED) is 0.388. The van der Waals surface area contributed by atoms with Crippen LogP contribution >= 0.6 is 0 Å². The molecule has 7 N–H and O–H groups in total.